The summed E-state index contributed by atoms with van der Waals surface area (Å²) in [6, 6.07) is 9.22. The zero-order valence-electron chi connectivity index (χ0n) is 13.5. The summed E-state index contributed by atoms with van der Waals surface area (Å²) in [5.74, 6) is 0. The summed E-state index contributed by atoms with van der Waals surface area (Å²) >= 11 is 17.7. The second-order valence-corrected chi connectivity index (χ2v) is 6.50. The molecule has 128 valence electrons. The van der Waals surface area contributed by atoms with Gasteiger partial charge in [0.2, 0.25) is 0 Å². The maximum atomic E-state index is 6.05. The number of aromatic nitrogens is 1. The van der Waals surface area contributed by atoms with E-state index < -0.39 is 0 Å². The van der Waals surface area contributed by atoms with Crippen LogP contribution in [0.4, 0.5) is 5.69 Å². The molecule has 1 heterocycles. The van der Waals surface area contributed by atoms with E-state index in [9.17, 15) is 0 Å². The average molecular weight is 384 g/mol. The quantitative estimate of drug-likeness (QED) is 0.725. The lowest BCUT2D eigenvalue weighted by Crippen LogP contribution is -2.39. The molecule has 1 N–H and O–H groups in total. The minimum Gasteiger partial charge on any atom is -0.383 e. The molecule has 2 aromatic rings. The van der Waals surface area contributed by atoms with Crippen molar-refractivity contribution in [1.82, 2.24) is 9.88 Å². The van der Waals surface area contributed by atoms with Crippen molar-refractivity contribution in [2.24, 2.45) is 0 Å². The zero-order valence-corrected chi connectivity index (χ0v) is 15.8. The van der Waals surface area contributed by atoms with E-state index in [-0.39, 0.29) is 6.04 Å². The highest BCUT2D eigenvalue weighted by molar-refractivity contribution is 7.80. The molecular formula is C17H19Cl2N3OS. The van der Waals surface area contributed by atoms with Crippen LogP contribution in [0.15, 0.2) is 42.7 Å². The number of hydrogen-bond donors (Lipinski definition) is 1. The SMILES string of the molecule is COCCN(C(=S)Nc1cc(Cl)cc(Cl)c1)[C@H](C)c1cccnc1. The highest BCUT2D eigenvalue weighted by Gasteiger charge is 2.19. The summed E-state index contributed by atoms with van der Waals surface area (Å²) in [7, 11) is 1.67. The van der Waals surface area contributed by atoms with E-state index >= 15 is 0 Å². The Balaban J connectivity index is 2.18. The predicted molar refractivity (Wildman–Crippen MR) is 104 cm³/mol. The molecule has 24 heavy (non-hydrogen) atoms. The third-order valence-electron chi connectivity index (χ3n) is 3.55. The van der Waals surface area contributed by atoms with E-state index in [0.29, 0.717) is 28.3 Å². The fourth-order valence-corrected chi connectivity index (χ4v) is 3.18. The molecule has 0 spiro atoms. The number of nitrogens with one attached hydrogen (secondary N) is 1. The molecule has 0 unspecified atom stereocenters. The van der Waals surface area contributed by atoms with Gasteiger partial charge in [0.15, 0.2) is 5.11 Å². The van der Waals surface area contributed by atoms with Crippen molar-refractivity contribution < 1.29 is 4.74 Å². The standard InChI is InChI=1S/C17H19Cl2N3OS/c1-12(13-4-3-5-20-11-13)22(6-7-23-2)17(24)21-16-9-14(18)8-15(19)10-16/h3-5,8-12H,6-7H2,1-2H3,(H,21,24)/t12-/m1/s1. The minimum absolute atomic E-state index is 0.0449. The van der Waals surface area contributed by atoms with Gasteiger partial charge in [0, 0.05) is 41.8 Å². The molecule has 4 nitrogen and oxygen atoms in total. The highest BCUT2D eigenvalue weighted by Crippen LogP contribution is 2.24. The number of rotatable bonds is 6. The van der Waals surface area contributed by atoms with E-state index in [4.69, 9.17) is 40.2 Å². The van der Waals surface area contributed by atoms with Crippen LogP contribution in [0.1, 0.15) is 18.5 Å². The van der Waals surface area contributed by atoms with E-state index in [2.05, 4.69) is 17.2 Å². The highest BCUT2D eigenvalue weighted by atomic mass is 35.5. The van der Waals surface area contributed by atoms with E-state index in [0.717, 1.165) is 11.3 Å². The number of pyridine rings is 1. The van der Waals surface area contributed by atoms with Gasteiger partial charge in [-0.25, -0.2) is 0 Å². The van der Waals surface area contributed by atoms with Gasteiger partial charge in [-0.05, 0) is 49.0 Å². The molecule has 1 aromatic carbocycles. The summed E-state index contributed by atoms with van der Waals surface area (Å²) < 4.78 is 5.21. The van der Waals surface area contributed by atoms with Crippen LogP contribution in [-0.2, 0) is 4.74 Å². The van der Waals surface area contributed by atoms with Gasteiger partial charge in [-0.2, -0.15) is 0 Å². The summed E-state index contributed by atoms with van der Waals surface area (Å²) in [6.45, 7) is 3.28. The minimum atomic E-state index is 0.0449. The van der Waals surface area contributed by atoms with E-state index in [1.54, 1.807) is 31.5 Å². The molecule has 0 radical (unpaired) electrons. The molecule has 0 saturated heterocycles. The monoisotopic (exact) mass is 383 g/mol. The third kappa shape index (κ3) is 5.31. The van der Waals surface area contributed by atoms with Gasteiger partial charge >= 0.3 is 0 Å². The number of hydrogen-bond acceptors (Lipinski definition) is 3. The molecular weight excluding hydrogens is 365 g/mol. The Morgan fingerprint density at radius 3 is 2.62 bits per heavy atom. The number of nitrogens with zero attached hydrogens (tertiary/aromatic N) is 2. The first-order valence-corrected chi connectivity index (χ1v) is 8.60. The topological polar surface area (TPSA) is 37.4 Å². The first kappa shape index (κ1) is 18.9. The van der Waals surface area contributed by atoms with Crippen molar-refractivity contribution in [1.29, 1.82) is 0 Å². The molecule has 0 aliphatic carbocycles. The largest absolute Gasteiger partial charge is 0.383 e. The second kappa shape index (κ2) is 9.18. The van der Waals surface area contributed by atoms with Crippen LogP contribution in [0.3, 0.4) is 0 Å². The van der Waals surface area contributed by atoms with Gasteiger partial charge in [-0.15, -0.1) is 0 Å². The van der Waals surface area contributed by atoms with Crippen LogP contribution in [-0.4, -0.2) is 35.3 Å². The Labute approximate surface area is 157 Å². The number of thiocarbonyl (C=S) groups is 1. The lowest BCUT2D eigenvalue weighted by molar-refractivity contribution is 0.165. The second-order valence-electron chi connectivity index (χ2n) is 5.24. The Morgan fingerprint density at radius 1 is 1.33 bits per heavy atom. The zero-order chi connectivity index (χ0) is 17.5. The molecule has 1 aromatic heterocycles. The molecule has 1 atom stereocenters. The van der Waals surface area contributed by atoms with Gasteiger partial charge in [-0.1, -0.05) is 29.3 Å². The lowest BCUT2D eigenvalue weighted by atomic mass is 10.1. The van der Waals surface area contributed by atoms with Crippen LogP contribution in [0, 0.1) is 0 Å². The van der Waals surface area contributed by atoms with Crippen molar-refractivity contribution in [2.75, 3.05) is 25.6 Å². The van der Waals surface area contributed by atoms with Crippen molar-refractivity contribution in [3.05, 3.63) is 58.3 Å². The molecule has 2 rings (SSSR count). The summed E-state index contributed by atoms with van der Waals surface area (Å²) in [5.41, 5.74) is 1.82. The van der Waals surface area contributed by atoms with Crippen molar-refractivity contribution in [3.8, 4) is 0 Å². The summed E-state index contributed by atoms with van der Waals surface area (Å²) in [4.78, 5) is 6.22. The number of anilines is 1. The molecule has 0 aliphatic heterocycles. The predicted octanol–water partition coefficient (Wildman–Crippen LogP) is 4.79. The van der Waals surface area contributed by atoms with Crippen LogP contribution in [0.25, 0.3) is 0 Å². The number of benzene rings is 1. The molecule has 7 heteroatoms. The fraction of sp³-hybridized carbons (Fsp3) is 0.294. The smallest absolute Gasteiger partial charge is 0.174 e. The van der Waals surface area contributed by atoms with Crippen molar-refractivity contribution >= 4 is 46.2 Å². The van der Waals surface area contributed by atoms with Crippen molar-refractivity contribution in [3.63, 3.8) is 0 Å². The third-order valence-corrected chi connectivity index (χ3v) is 4.32. The first-order valence-electron chi connectivity index (χ1n) is 7.44. The van der Waals surface area contributed by atoms with Gasteiger partial charge in [-0.3, -0.25) is 4.98 Å². The Hall–Kier alpha value is -1.40. The first-order chi connectivity index (χ1) is 11.5. The van der Waals surface area contributed by atoms with Crippen LogP contribution in [0.5, 0.6) is 0 Å². The molecule has 0 fully saturated rings. The molecule has 0 amide bonds. The summed E-state index contributed by atoms with van der Waals surface area (Å²) in [6.07, 6.45) is 3.59. The Kier molecular flexibility index (Phi) is 7.24. The fourth-order valence-electron chi connectivity index (χ4n) is 2.29. The maximum absolute atomic E-state index is 6.05. The van der Waals surface area contributed by atoms with Crippen LogP contribution < -0.4 is 5.32 Å². The normalized spacial score (nSPS) is 11.8. The Bertz CT molecular complexity index is 665. The van der Waals surface area contributed by atoms with E-state index in [1.165, 1.54) is 0 Å². The molecule has 0 saturated carbocycles. The Morgan fingerprint density at radius 2 is 2.04 bits per heavy atom. The number of halogens is 2. The van der Waals surface area contributed by atoms with Gasteiger partial charge in [0.05, 0.1) is 12.6 Å². The molecule has 0 bridgehead atoms. The summed E-state index contributed by atoms with van der Waals surface area (Å²) in [5, 5.41) is 4.87. The number of ether oxygens (including phenoxy) is 1. The lowest BCUT2D eigenvalue weighted by Gasteiger charge is -2.32. The number of methoxy groups -OCH3 is 1. The van der Waals surface area contributed by atoms with Gasteiger partial charge in [0.25, 0.3) is 0 Å². The van der Waals surface area contributed by atoms with Crippen LogP contribution >= 0.6 is 35.4 Å². The average Bonchev–Trinajstić information content (AvgIpc) is 2.54. The van der Waals surface area contributed by atoms with Gasteiger partial charge < -0.3 is 15.0 Å². The maximum Gasteiger partial charge on any atom is 0.174 e. The van der Waals surface area contributed by atoms with Crippen LogP contribution in [0.2, 0.25) is 10.0 Å². The van der Waals surface area contributed by atoms with Crippen molar-refractivity contribution in [2.45, 2.75) is 13.0 Å². The van der Waals surface area contributed by atoms with Gasteiger partial charge in [0.1, 0.15) is 0 Å². The molecule has 0 aliphatic rings. The van der Waals surface area contributed by atoms with E-state index in [1.807, 2.05) is 23.2 Å².